The summed E-state index contributed by atoms with van der Waals surface area (Å²) in [5.41, 5.74) is 4.94. The SMILES string of the molecule is COc1cc(Nc2nccc(C3(c4ccc(Cl)cc4)CC3)n2)ccc1-c1ncc(C)[nH]1. The monoisotopic (exact) mass is 431 g/mol. The first kappa shape index (κ1) is 19.6. The summed E-state index contributed by atoms with van der Waals surface area (Å²) in [5, 5.41) is 4.05. The number of H-pyrrole nitrogens is 1. The van der Waals surface area contributed by atoms with E-state index in [1.54, 1.807) is 19.5 Å². The molecule has 0 atom stereocenters. The molecule has 2 heterocycles. The lowest BCUT2D eigenvalue weighted by molar-refractivity contribution is 0.416. The van der Waals surface area contributed by atoms with Gasteiger partial charge in [0, 0.05) is 40.3 Å². The maximum atomic E-state index is 6.07. The van der Waals surface area contributed by atoms with Gasteiger partial charge in [-0.25, -0.2) is 15.0 Å². The highest BCUT2D eigenvalue weighted by Gasteiger charge is 2.47. The van der Waals surface area contributed by atoms with Crippen molar-refractivity contribution < 1.29 is 4.74 Å². The molecule has 0 aliphatic heterocycles. The van der Waals surface area contributed by atoms with Gasteiger partial charge in [0.15, 0.2) is 0 Å². The second kappa shape index (κ2) is 7.71. The average molecular weight is 432 g/mol. The molecule has 0 bridgehead atoms. The third kappa shape index (κ3) is 3.75. The average Bonchev–Trinajstić information content (AvgIpc) is 3.49. The molecule has 7 heteroatoms. The fourth-order valence-corrected chi connectivity index (χ4v) is 4.04. The van der Waals surface area contributed by atoms with Crippen LogP contribution >= 0.6 is 11.6 Å². The molecule has 156 valence electrons. The molecule has 2 aromatic carbocycles. The number of hydrogen-bond acceptors (Lipinski definition) is 5. The van der Waals surface area contributed by atoms with Gasteiger partial charge < -0.3 is 15.0 Å². The molecule has 0 unspecified atom stereocenters. The van der Waals surface area contributed by atoms with Crippen LogP contribution in [0.25, 0.3) is 11.4 Å². The van der Waals surface area contributed by atoms with Gasteiger partial charge >= 0.3 is 0 Å². The second-order valence-corrected chi connectivity index (χ2v) is 8.25. The summed E-state index contributed by atoms with van der Waals surface area (Å²) in [5.74, 6) is 2.05. The number of ether oxygens (including phenoxy) is 1. The molecular formula is C24H22ClN5O. The number of hydrogen-bond donors (Lipinski definition) is 2. The van der Waals surface area contributed by atoms with Gasteiger partial charge in [-0.05, 0) is 55.7 Å². The number of anilines is 2. The van der Waals surface area contributed by atoms with E-state index in [9.17, 15) is 0 Å². The molecule has 1 aliphatic carbocycles. The van der Waals surface area contributed by atoms with Crippen molar-refractivity contribution in [1.29, 1.82) is 0 Å². The van der Waals surface area contributed by atoms with E-state index < -0.39 is 0 Å². The van der Waals surface area contributed by atoms with Gasteiger partial charge in [-0.2, -0.15) is 0 Å². The van der Waals surface area contributed by atoms with E-state index in [0.717, 1.165) is 52.1 Å². The lowest BCUT2D eigenvalue weighted by Crippen LogP contribution is -2.12. The Morgan fingerprint density at radius 1 is 1.06 bits per heavy atom. The number of halogens is 1. The molecule has 0 amide bonds. The van der Waals surface area contributed by atoms with Crippen LogP contribution in [0.4, 0.5) is 11.6 Å². The molecule has 4 aromatic rings. The van der Waals surface area contributed by atoms with Crippen LogP contribution < -0.4 is 10.1 Å². The van der Waals surface area contributed by atoms with E-state index in [1.165, 1.54) is 5.56 Å². The van der Waals surface area contributed by atoms with Crippen molar-refractivity contribution in [2.45, 2.75) is 25.2 Å². The van der Waals surface area contributed by atoms with Crippen LogP contribution in [-0.2, 0) is 5.41 Å². The van der Waals surface area contributed by atoms with Crippen LogP contribution in [0.15, 0.2) is 60.9 Å². The molecule has 0 radical (unpaired) electrons. The van der Waals surface area contributed by atoms with Crippen molar-refractivity contribution in [2.24, 2.45) is 0 Å². The number of nitrogens with one attached hydrogen (secondary N) is 2. The van der Waals surface area contributed by atoms with Crippen molar-refractivity contribution in [3.63, 3.8) is 0 Å². The fourth-order valence-electron chi connectivity index (χ4n) is 3.92. The number of aryl methyl sites for hydroxylation is 1. The quantitative estimate of drug-likeness (QED) is 0.412. The summed E-state index contributed by atoms with van der Waals surface area (Å²) in [4.78, 5) is 16.9. The van der Waals surface area contributed by atoms with Crippen LogP contribution in [-0.4, -0.2) is 27.0 Å². The number of rotatable bonds is 6. The normalized spacial score (nSPS) is 14.3. The zero-order valence-corrected chi connectivity index (χ0v) is 18.1. The van der Waals surface area contributed by atoms with Crippen molar-refractivity contribution >= 4 is 23.2 Å². The van der Waals surface area contributed by atoms with E-state index in [-0.39, 0.29) is 5.41 Å². The van der Waals surface area contributed by atoms with Gasteiger partial charge in [0.05, 0.1) is 18.4 Å². The van der Waals surface area contributed by atoms with E-state index in [2.05, 4.69) is 32.4 Å². The van der Waals surface area contributed by atoms with Crippen molar-refractivity contribution in [3.8, 4) is 17.1 Å². The number of aromatic nitrogens is 4. The number of methoxy groups -OCH3 is 1. The van der Waals surface area contributed by atoms with Gasteiger partial charge in [-0.1, -0.05) is 23.7 Å². The lowest BCUT2D eigenvalue weighted by atomic mass is 9.92. The summed E-state index contributed by atoms with van der Waals surface area (Å²) in [7, 11) is 1.65. The number of benzene rings is 2. The minimum Gasteiger partial charge on any atom is -0.496 e. The third-order valence-corrected chi connectivity index (χ3v) is 5.96. The van der Waals surface area contributed by atoms with Crippen molar-refractivity contribution in [2.75, 3.05) is 12.4 Å². The number of aromatic amines is 1. The Balaban J connectivity index is 1.42. The smallest absolute Gasteiger partial charge is 0.227 e. The molecule has 0 spiro atoms. The number of nitrogens with zero attached hydrogens (tertiary/aromatic N) is 3. The molecule has 1 saturated carbocycles. The Kier molecular flexibility index (Phi) is 4.87. The Morgan fingerprint density at radius 2 is 1.87 bits per heavy atom. The molecule has 6 nitrogen and oxygen atoms in total. The van der Waals surface area contributed by atoms with Crippen LogP contribution in [0.5, 0.6) is 5.75 Å². The summed E-state index contributed by atoms with van der Waals surface area (Å²) < 4.78 is 5.59. The van der Waals surface area contributed by atoms with Gasteiger partial charge in [0.2, 0.25) is 5.95 Å². The standard InChI is InChI=1S/C24H22ClN5O/c1-15-14-27-22(28-15)19-8-7-18(13-20(19)31-2)29-23-26-12-9-21(30-23)24(10-11-24)16-3-5-17(25)6-4-16/h3-9,12-14H,10-11H2,1-2H3,(H,27,28)(H,26,29,30). The molecule has 1 aliphatic rings. The van der Waals surface area contributed by atoms with Crippen LogP contribution in [0.2, 0.25) is 5.02 Å². The molecule has 1 fully saturated rings. The Labute approximate surface area is 185 Å². The summed E-state index contributed by atoms with van der Waals surface area (Å²) in [6.07, 6.45) is 5.74. The topological polar surface area (TPSA) is 75.7 Å². The van der Waals surface area contributed by atoms with Crippen LogP contribution in [0.1, 0.15) is 29.8 Å². The maximum absolute atomic E-state index is 6.07. The molecule has 2 N–H and O–H groups in total. The zero-order chi connectivity index (χ0) is 21.4. The van der Waals surface area contributed by atoms with Gasteiger partial charge in [-0.15, -0.1) is 0 Å². The summed E-state index contributed by atoms with van der Waals surface area (Å²) >= 11 is 6.07. The highest BCUT2D eigenvalue weighted by Crippen LogP contribution is 2.53. The zero-order valence-electron chi connectivity index (χ0n) is 17.3. The van der Waals surface area contributed by atoms with Crippen LogP contribution in [0, 0.1) is 6.92 Å². The molecule has 0 saturated heterocycles. The first-order chi connectivity index (χ1) is 15.1. The summed E-state index contributed by atoms with van der Waals surface area (Å²) in [6, 6.07) is 15.9. The maximum Gasteiger partial charge on any atom is 0.227 e. The molecule has 31 heavy (non-hydrogen) atoms. The summed E-state index contributed by atoms with van der Waals surface area (Å²) in [6.45, 7) is 1.97. The highest BCUT2D eigenvalue weighted by molar-refractivity contribution is 6.30. The van der Waals surface area contributed by atoms with E-state index >= 15 is 0 Å². The Morgan fingerprint density at radius 3 is 2.55 bits per heavy atom. The van der Waals surface area contributed by atoms with Gasteiger partial charge in [0.25, 0.3) is 0 Å². The lowest BCUT2D eigenvalue weighted by Gasteiger charge is -2.16. The highest BCUT2D eigenvalue weighted by atomic mass is 35.5. The minimum atomic E-state index is -0.0529. The predicted molar refractivity (Wildman–Crippen MR) is 122 cm³/mol. The third-order valence-electron chi connectivity index (χ3n) is 5.71. The Hall–Kier alpha value is -3.38. The van der Waals surface area contributed by atoms with E-state index in [1.807, 2.05) is 43.3 Å². The predicted octanol–water partition coefficient (Wildman–Crippen LogP) is 5.66. The van der Waals surface area contributed by atoms with Crippen LogP contribution in [0.3, 0.4) is 0 Å². The van der Waals surface area contributed by atoms with Crippen molar-refractivity contribution in [3.05, 3.63) is 82.9 Å². The largest absolute Gasteiger partial charge is 0.496 e. The fraction of sp³-hybridized carbons (Fsp3) is 0.208. The van der Waals surface area contributed by atoms with Gasteiger partial charge in [-0.3, -0.25) is 0 Å². The number of imidazole rings is 1. The molecular weight excluding hydrogens is 410 g/mol. The van der Waals surface area contributed by atoms with E-state index in [0.29, 0.717) is 5.95 Å². The second-order valence-electron chi connectivity index (χ2n) is 7.81. The van der Waals surface area contributed by atoms with Gasteiger partial charge in [0.1, 0.15) is 11.6 Å². The molecule has 5 rings (SSSR count). The Bertz CT molecular complexity index is 1230. The molecule has 2 aromatic heterocycles. The van der Waals surface area contributed by atoms with Crippen molar-refractivity contribution in [1.82, 2.24) is 19.9 Å². The van der Waals surface area contributed by atoms with E-state index in [4.69, 9.17) is 21.3 Å². The first-order valence-electron chi connectivity index (χ1n) is 10.1. The minimum absolute atomic E-state index is 0.0529. The first-order valence-corrected chi connectivity index (χ1v) is 10.5.